The molecule has 1 fully saturated rings. The van der Waals surface area contributed by atoms with Crippen LogP contribution in [0, 0.1) is 5.92 Å². The molecule has 3 aromatic carbocycles. The second-order valence-corrected chi connectivity index (χ2v) is 9.92. The van der Waals surface area contributed by atoms with Gasteiger partial charge in [-0.1, -0.05) is 69.3 Å². The molecule has 0 amide bonds. The molecule has 0 saturated carbocycles. The average Bonchev–Trinajstić information content (AvgIpc) is 2.97. The Morgan fingerprint density at radius 3 is 1.31 bits per heavy atom. The maximum Gasteiger partial charge on any atom is 0.494 e. The number of para-hydroxylation sites is 2. The van der Waals surface area contributed by atoms with Gasteiger partial charge in [0, 0.05) is 17.1 Å². The van der Waals surface area contributed by atoms with Gasteiger partial charge in [0.25, 0.3) is 0 Å². The molecule has 1 aliphatic rings. The molecule has 3 aromatic rings. The molecule has 1 aliphatic heterocycles. The number of anilines is 3. The molecule has 0 N–H and O–H groups in total. The minimum Gasteiger partial charge on any atom is -0.399 e. The largest absolute Gasteiger partial charge is 0.494 e. The first-order valence-corrected chi connectivity index (χ1v) is 11.5. The van der Waals surface area contributed by atoms with Crippen LogP contribution in [0.25, 0.3) is 0 Å². The molecule has 0 unspecified atom stereocenters. The molecular weight excluding hydrogens is 393 g/mol. The molecule has 4 heteroatoms. The van der Waals surface area contributed by atoms with Crippen molar-refractivity contribution in [3.63, 3.8) is 0 Å². The Morgan fingerprint density at radius 2 is 0.938 bits per heavy atom. The average molecular weight is 429 g/mol. The lowest BCUT2D eigenvalue weighted by Gasteiger charge is -2.32. The predicted octanol–water partition coefficient (Wildman–Crippen LogP) is 7.12. The number of hydrogen-bond acceptors (Lipinski definition) is 3. The fourth-order valence-electron chi connectivity index (χ4n) is 3.36. The van der Waals surface area contributed by atoms with Gasteiger partial charge in [0.1, 0.15) is 0 Å². The van der Waals surface area contributed by atoms with E-state index in [1.807, 2.05) is 12.1 Å². The predicted molar refractivity (Wildman–Crippen MR) is 137 cm³/mol. The topological polar surface area (TPSA) is 21.7 Å². The molecule has 168 valence electrons. The number of benzene rings is 3. The van der Waals surface area contributed by atoms with Gasteiger partial charge < -0.3 is 14.2 Å². The van der Waals surface area contributed by atoms with Gasteiger partial charge in [-0.15, -0.1) is 0 Å². The zero-order valence-corrected chi connectivity index (χ0v) is 20.5. The minimum atomic E-state index is -0.346. The summed E-state index contributed by atoms with van der Waals surface area (Å²) in [5.41, 5.74) is 3.70. The molecule has 0 aliphatic carbocycles. The lowest BCUT2D eigenvalue weighted by molar-refractivity contribution is 0.00578. The van der Waals surface area contributed by atoms with E-state index in [9.17, 15) is 0 Å². The Bertz CT molecular complexity index is 911. The van der Waals surface area contributed by atoms with E-state index in [-0.39, 0.29) is 18.3 Å². The van der Waals surface area contributed by atoms with Crippen molar-refractivity contribution in [2.45, 2.75) is 59.7 Å². The summed E-state index contributed by atoms with van der Waals surface area (Å²) in [5, 5.41) is 0. The molecule has 0 radical (unpaired) electrons. The lowest BCUT2D eigenvalue weighted by atomic mass is 9.79. The van der Waals surface area contributed by atoms with Crippen molar-refractivity contribution in [1.29, 1.82) is 0 Å². The molecule has 4 rings (SSSR count). The Morgan fingerprint density at radius 1 is 0.594 bits per heavy atom. The van der Waals surface area contributed by atoms with E-state index in [0.29, 0.717) is 0 Å². The van der Waals surface area contributed by atoms with E-state index in [1.54, 1.807) is 0 Å². The quantitative estimate of drug-likeness (QED) is 0.412. The van der Waals surface area contributed by atoms with Crippen molar-refractivity contribution >= 4 is 29.6 Å². The van der Waals surface area contributed by atoms with E-state index in [4.69, 9.17) is 9.31 Å². The third-order valence-electron chi connectivity index (χ3n) is 5.71. The van der Waals surface area contributed by atoms with Crippen LogP contribution in [0.4, 0.5) is 17.1 Å². The van der Waals surface area contributed by atoms with Crippen LogP contribution >= 0.6 is 0 Å². The SMILES string of the molecule is CC(C)C.CC1(C)OB(c2ccc(N(c3ccccc3)c3ccccc3)cc2)OC1(C)C. The van der Waals surface area contributed by atoms with E-state index in [0.717, 1.165) is 28.4 Å². The van der Waals surface area contributed by atoms with Gasteiger partial charge in [0.2, 0.25) is 0 Å². The fraction of sp³-hybridized carbons (Fsp3) is 0.357. The van der Waals surface area contributed by atoms with Crippen LogP contribution in [-0.4, -0.2) is 18.3 Å². The summed E-state index contributed by atoms with van der Waals surface area (Å²) in [4.78, 5) is 2.24. The van der Waals surface area contributed by atoms with Crippen molar-refractivity contribution in [3.8, 4) is 0 Å². The highest BCUT2D eigenvalue weighted by Gasteiger charge is 2.51. The van der Waals surface area contributed by atoms with Crippen LogP contribution in [0.15, 0.2) is 84.9 Å². The highest BCUT2D eigenvalue weighted by Crippen LogP contribution is 2.37. The number of hydrogen-bond donors (Lipinski definition) is 0. The summed E-state index contributed by atoms with van der Waals surface area (Å²) < 4.78 is 12.4. The molecular formula is C28H36BNO2. The number of rotatable bonds is 4. The maximum absolute atomic E-state index is 6.18. The van der Waals surface area contributed by atoms with Crippen LogP contribution in [0.3, 0.4) is 0 Å². The second-order valence-electron chi connectivity index (χ2n) is 9.92. The van der Waals surface area contributed by atoms with Crippen LogP contribution in [-0.2, 0) is 9.31 Å². The normalized spacial score (nSPS) is 16.4. The van der Waals surface area contributed by atoms with Crippen LogP contribution < -0.4 is 10.4 Å². The molecule has 0 bridgehead atoms. The Balaban J connectivity index is 0.000000668. The van der Waals surface area contributed by atoms with E-state index in [2.05, 4.69) is 126 Å². The zero-order chi connectivity index (χ0) is 23.4. The monoisotopic (exact) mass is 429 g/mol. The Kier molecular flexibility index (Phi) is 7.48. The van der Waals surface area contributed by atoms with Gasteiger partial charge in [-0.3, -0.25) is 0 Å². The standard InChI is InChI=1S/C24H26BNO2.C4H10/c1-23(2)24(3,4)28-25(27-23)19-15-17-22(18-16-19)26(20-11-7-5-8-12-20)21-13-9-6-10-14-21;1-4(2)3/h5-18H,1-4H3;4H,1-3H3. The zero-order valence-electron chi connectivity index (χ0n) is 20.5. The van der Waals surface area contributed by atoms with E-state index < -0.39 is 0 Å². The van der Waals surface area contributed by atoms with Gasteiger partial charge in [0.15, 0.2) is 0 Å². The number of nitrogens with zero attached hydrogens (tertiary/aromatic N) is 1. The van der Waals surface area contributed by atoms with E-state index in [1.165, 1.54) is 0 Å². The summed E-state index contributed by atoms with van der Waals surface area (Å²) in [6, 6.07) is 29.2. The highest BCUT2D eigenvalue weighted by atomic mass is 16.7. The fourth-order valence-corrected chi connectivity index (χ4v) is 3.36. The second kappa shape index (κ2) is 9.93. The van der Waals surface area contributed by atoms with Crippen LogP contribution in [0.2, 0.25) is 0 Å². The summed E-state index contributed by atoms with van der Waals surface area (Å²) in [5.74, 6) is 0.833. The highest BCUT2D eigenvalue weighted by molar-refractivity contribution is 6.62. The smallest absolute Gasteiger partial charge is 0.399 e. The van der Waals surface area contributed by atoms with Gasteiger partial charge in [-0.25, -0.2) is 0 Å². The molecule has 0 aromatic heterocycles. The summed E-state index contributed by atoms with van der Waals surface area (Å²) in [6.07, 6.45) is 0. The van der Waals surface area contributed by atoms with Crippen LogP contribution in [0.1, 0.15) is 48.5 Å². The van der Waals surface area contributed by atoms with Crippen molar-refractivity contribution in [1.82, 2.24) is 0 Å². The van der Waals surface area contributed by atoms with Gasteiger partial charge in [0.05, 0.1) is 11.2 Å². The molecule has 3 nitrogen and oxygen atoms in total. The van der Waals surface area contributed by atoms with Crippen molar-refractivity contribution in [3.05, 3.63) is 84.9 Å². The molecule has 0 spiro atoms. The first kappa shape index (κ1) is 24.1. The summed E-state index contributed by atoms with van der Waals surface area (Å²) in [6.45, 7) is 14.8. The maximum atomic E-state index is 6.18. The molecule has 1 heterocycles. The minimum absolute atomic E-state index is 0.337. The first-order valence-electron chi connectivity index (χ1n) is 11.5. The van der Waals surface area contributed by atoms with Gasteiger partial charge >= 0.3 is 7.12 Å². The van der Waals surface area contributed by atoms with Crippen LogP contribution in [0.5, 0.6) is 0 Å². The van der Waals surface area contributed by atoms with Crippen molar-refractivity contribution in [2.24, 2.45) is 5.92 Å². The summed E-state index contributed by atoms with van der Waals surface area (Å²) in [7, 11) is -0.346. The van der Waals surface area contributed by atoms with Crippen molar-refractivity contribution in [2.75, 3.05) is 4.90 Å². The Labute approximate surface area is 194 Å². The Hall–Kier alpha value is -2.56. The van der Waals surface area contributed by atoms with Gasteiger partial charge in [-0.2, -0.15) is 0 Å². The molecule has 1 saturated heterocycles. The van der Waals surface area contributed by atoms with Crippen molar-refractivity contribution < 1.29 is 9.31 Å². The first-order chi connectivity index (χ1) is 15.1. The molecule has 32 heavy (non-hydrogen) atoms. The molecule has 0 atom stereocenters. The van der Waals surface area contributed by atoms with E-state index >= 15 is 0 Å². The summed E-state index contributed by atoms with van der Waals surface area (Å²) >= 11 is 0. The third kappa shape index (κ3) is 5.62. The lowest BCUT2D eigenvalue weighted by Crippen LogP contribution is -2.41. The third-order valence-corrected chi connectivity index (χ3v) is 5.71. The van der Waals surface area contributed by atoms with Gasteiger partial charge in [-0.05, 0) is 75.5 Å².